The van der Waals surface area contributed by atoms with Crippen LogP contribution in [0, 0.1) is 5.82 Å². The maximum atomic E-state index is 13.0. The van der Waals surface area contributed by atoms with Gasteiger partial charge in [-0.1, -0.05) is 40.2 Å². The van der Waals surface area contributed by atoms with E-state index in [0.717, 1.165) is 20.8 Å². The molecule has 3 rings (SSSR count). The average molecular weight is 416 g/mol. The molecule has 134 valence electrons. The molecule has 3 aromatic carbocycles. The Balaban J connectivity index is 1.65. The van der Waals surface area contributed by atoms with Crippen molar-refractivity contribution < 1.29 is 13.9 Å². The van der Waals surface area contributed by atoms with Gasteiger partial charge in [-0.05, 0) is 66.6 Å². The number of hydrogen-bond donors (Lipinski definition) is 1. The fraction of sp³-hybridized carbons (Fsp3) is 0.190. The van der Waals surface area contributed by atoms with Crippen molar-refractivity contribution in [1.29, 1.82) is 0 Å². The highest BCUT2D eigenvalue weighted by Gasteiger charge is 2.18. The van der Waals surface area contributed by atoms with E-state index in [1.807, 2.05) is 43.3 Å². The van der Waals surface area contributed by atoms with Gasteiger partial charge in [0.25, 0.3) is 5.91 Å². The normalized spacial score (nSPS) is 13.2. The van der Waals surface area contributed by atoms with Crippen molar-refractivity contribution in [3.8, 4) is 5.75 Å². The van der Waals surface area contributed by atoms with Crippen LogP contribution in [0.25, 0.3) is 10.8 Å². The third-order valence-corrected chi connectivity index (χ3v) is 4.68. The highest BCUT2D eigenvalue weighted by Crippen LogP contribution is 2.25. The van der Waals surface area contributed by atoms with Crippen LogP contribution in [0.15, 0.2) is 65.1 Å². The number of carbonyl (C=O) groups is 1. The molecule has 26 heavy (non-hydrogen) atoms. The van der Waals surface area contributed by atoms with E-state index in [2.05, 4.69) is 21.2 Å². The summed E-state index contributed by atoms with van der Waals surface area (Å²) in [5.74, 6) is 0.113. The first-order valence-electron chi connectivity index (χ1n) is 8.34. The number of hydrogen-bond acceptors (Lipinski definition) is 2. The lowest BCUT2D eigenvalue weighted by atomic mass is 10.1. The maximum absolute atomic E-state index is 13.0. The summed E-state index contributed by atoms with van der Waals surface area (Å²) >= 11 is 3.45. The summed E-state index contributed by atoms with van der Waals surface area (Å²) in [5.41, 5.74) is 0.836. The predicted molar refractivity (Wildman–Crippen MR) is 105 cm³/mol. The Hall–Kier alpha value is -2.40. The summed E-state index contributed by atoms with van der Waals surface area (Å²) in [7, 11) is 0. The third-order valence-electron chi connectivity index (χ3n) is 4.18. The van der Waals surface area contributed by atoms with Crippen LogP contribution in [0.1, 0.15) is 25.5 Å². The van der Waals surface area contributed by atoms with Crippen molar-refractivity contribution in [3.05, 3.63) is 76.5 Å². The number of carbonyl (C=O) groups excluding carboxylic acids is 1. The van der Waals surface area contributed by atoms with Gasteiger partial charge in [0.05, 0.1) is 6.04 Å². The fourth-order valence-corrected chi connectivity index (χ4v) is 3.07. The van der Waals surface area contributed by atoms with Gasteiger partial charge in [0.1, 0.15) is 11.6 Å². The number of benzene rings is 3. The van der Waals surface area contributed by atoms with Crippen LogP contribution in [0.2, 0.25) is 0 Å². The molecule has 0 heterocycles. The summed E-state index contributed by atoms with van der Waals surface area (Å²) in [5, 5.41) is 5.02. The van der Waals surface area contributed by atoms with Gasteiger partial charge in [-0.15, -0.1) is 0 Å². The lowest BCUT2D eigenvalue weighted by Gasteiger charge is -2.19. The van der Waals surface area contributed by atoms with Crippen molar-refractivity contribution in [1.82, 2.24) is 5.32 Å². The van der Waals surface area contributed by atoms with Gasteiger partial charge in [-0.2, -0.15) is 0 Å². The third kappa shape index (κ3) is 4.41. The zero-order valence-corrected chi connectivity index (χ0v) is 16.1. The summed E-state index contributed by atoms with van der Waals surface area (Å²) in [4.78, 5) is 12.4. The van der Waals surface area contributed by atoms with Crippen molar-refractivity contribution in [3.63, 3.8) is 0 Å². The molecule has 0 radical (unpaired) electrons. The van der Waals surface area contributed by atoms with Crippen molar-refractivity contribution in [2.45, 2.75) is 26.0 Å². The van der Waals surface area contributed by atoms with Crippen LogP contribution >= 0.6 is 15.9 Å². The highest BCUT2D eigenvalue weighted by atomic mass is 79.9. The molecule has 1 amide bonds. The molecular formula is C21H19BrFNO2. The van der Waals surface area contributed by atoms with Crippen molar-refractivity contribution in [2.24, 2.45) is 0 Å². The molecule has 0 fully saturated rings. The first kappa shape index (κ1) is 18.4. The fourth-order valence-electron chi connectivity index (χ4n) is 2.69. The molecule has 1 N–H and O–H groups in total. The van der Waals surface area contributed by atoms with Gasteiger partial charge >= 0.3 is 0 Å². The highest BCUT2D eigenvalue weighted by molar-refractivity contribution is 9.10. The molecule has 0 unspecified atom stereocenters. The first-order chi connectivity index (χ1) is 12.4. The molecule has 3 nitrogen and oxygen atoms in total. The Morgan fingerprint density at radius 1 is 1.00 bits per heavy atom. The minimum atomic E-state index is -0.647. The Kier molecular flexibility index (Phi) is 5.57. The van der Waals surface area contributed by atoms with Crippen molar-refractivity contribution >= 4 is 32.6 Å². The van der Waals surface area contributed by atoms with E-state index in [-0.39, 0.29) is 17.8 Å². The molecule has 0 saturated heterocycles. The van der Waals surface area contributed by atoms with Gasteiger partial charge < -0.3 is 10.1 Å². The van der Waals surface area contributed by atoms with Gasteiger partial charge in [0.2, 0.25) is 0 Å². The Labute approximate surface area is 160 Å². The van der Waals surface area contributed by atoms with Crippen LogP contribution < -0.4 is 10.1 Å². The second-order valence-electron chi connectivity index (χ2n) is 6.20. The second-order valence-corrected chi connectivity index (χ2v) is 7.11. The SMILES string of the molecule is C[C@@H](Oc1ccc2cc(Br)ccc2c1)C(=O)N[C@H](C)c1ccc(F)cc1. The zero-order valence-electron chi connectivity index (χ0n) is 14.5. The lowest BCUT2D eigenvalue weighted by molar-refractivity contribution is -0.127. The maximum Gasteiger partial charge on any atom is 0.261 e. The summed E-state index contributed by atoms with van der Waals surface area (Å²) in [6.07, 6.45) is -0.647. The molecule has 0 saturated carbocycles. The van der Waals surface area contributed by atoms with Gasteiger partial charge in [-0.3, -0.25) is 4.79 Å². The Bertz CT molecular complexity index is 927. The molecule has 0 aliphatic heterocycles. The molecule has 0 spiro atoms. The standard InChI is InChI=1S/C21H19BrFNO2/c1-13(15-4-8-19(23)9-5-15)24-21(25)14(2)26-20-10-6-16-11-18(22)7-3-17(16)12-20/h3-14H,1-2H3,(H,24,25)/t13-,14-/m1/s1. The van der Waals surface area contributed by atoms with E-state index in [0.29, 0.717) is 5.75 Å². The van der Waals surface area contributed by atoms with Crippen LogP contribution in [0.4, 0.5) is 4.39 Å². The van der Waals surface area contributed by atoms with E-state index in [1.165, 1.54) is 12.1 Å². The molecular weight excluding hydrogens is 397 g/mol. The number of nitrogens with one attached hydrogen (secondary N) is 1. The molecule has 3 aromatic rings. The summed E-state index contributed by atoms with van der Waals surface area (Å²) in [6.45, 7) is 3.56. The summed E-state index contributed by atoms with van der Waals surface area (Å²) in [6, 6.07) is 17.6. The molecule has 5 heteroatoms. The van der Waals surface area contributed by atoms with Gasteiger partial charge in [-0.25, -0.2) is 4.39 Å². The van der Waals surface area contributed by atoms with Crippen LogP contribution in [0.5, 0.6) is 5.75 Å². The van der Waals surface area contributed by atoms with E-state index in [4.69, 9.17) is 4.74 Å². The molecule has 2 atom stereocenters. The second kappa shape index (κ2) is 7.87. The van der Waals surface area contributed by atoms with Gasteiger partial charge in [0.15, 0.2) is 6.10 Å². The number of halogens is 2. The van der Waals surface area contributed by atoms with Gasteiger partial charge in [0, 0.05) is 4.47 Å². The quantitative estimate of drug-likeness (QED) is 0.606. The number of fused-ring (bicyclic) bond motifs is 1. The minimum absolute atomic E-state index is 0.224. The zero-order chi connectivity index (χ0) is 18.7. The molecule has 0 aliphatic carbocycles. The van der Waals surface area contributed by atoms with E-state index >= 15 is 0 Å². The van der Waals surface area contributed by atoms with E-state index in [1.54, 1.807) is 19.1 Å². The van der Waals surface area contributed by atoms with E-state index < -0.39 is 6.10 Å². The summed E-state index contributed by atoms with van der Waals surface area (Å²) < 4.78 is 19.8. The van der Waals surface area contributed by atoms with Crippen molar-refractivity contribution in [2.75, 3.05) is 0 Å². The van der Waals surface area contributed by atoms with Crippen LogP contribution in [-0.4, -0.2) is 12.0 Å². The average Bonchev–Trinajstić information content (AvgIpc) is 2.62. The largest absolute Gasteiger partial charge is 0.481 e. The topological polar surface area (TPSA) is 38.3 Å². The number of amides is 1. The first-order valence-corrected chi connectivity index (χ1v) is 9.13. The monoisotopic (exact) mass is 415 g/mol. The number of rotatable bonds is 5. The molecule has 0 bridgehead atoms. The Morgan fingerprint density at radius 3 is 2.38 bits per heavy atom. The lowest BCUT2D eigenvalue weighted by Crippen LogP contribution is -2.37. The van der Waals surface area contributed by atoms with E-state index in [9.17, 15) is 9.18 Å². The van der Waals surface area contributed by atoms with Crippen LogP contribution in [0.3, 0.4) is 0 Å². The molecule has 0 aromatic heterocycles. The minimum Gasteiger partial charge on any atom is -0.481 e. The number of ether oxygens (including phenoxy) is 1. The smallest absolute Gasteiger partial charge is 0.261 e. The van der Waals surface area contributed by atoms with Crippen LogP contribution in [-0.2, 0) is 4.79 Å². The Morgan fingerprint density at radius 2 is 1.65 bits per heavy atom. The predicted octanol–water partition coefficient (Wildman–Crippen LogP) is 5.39. The molecule has 0 aliphatic rings.